The van der Waals surface area contributed by atoms with Crippen molar-refractivity contribution in [2.45, 2.75) is 45.4 Å². The van der Waals surface area contributed by atoms with Crippen molar-refractivity contribution in [2.24, 2.45) is 23.0 Å². The maximum atomic E-state index is 11.6. The Morgan fingerprint density at radius 3 is 2.44 bits per heavy atom. The third-order valence-electron chi connectivity index (χ3n) is 4.36. The molecule has 0 bridgehead atoms. The minimum absolute atomic E-state index is 0.240. The molecule has 4 nitrogen and oxygen atoms in total. The normalized spacial score (nSPS) is 32.2. The minimum Gasteiger partial charge on any atom is -0.330 e. The van der Waals surface area contributed by atoms with Crippen LogP contribution in [0.4, 0.5) is 0 Å². The number of nitrogens with one attached hydrogen (secondary N) is 1. The molecule has 2 aliphatic carbocycles. The number of rotatable bonds is 8. The van der Waals surface area contributed by atoms with E-state index in [2.05, 4.69) is 4.72 Å². The monoisotopic (exact) mass is 274 g/mol. The number of nitrogens with two attached hydrogens (primary N) is 1. The van der Waals surface area contributed by atoms with E-state index in [4.69, 9.17) is 5.73 Å². The molecule has 0 aromatic heterocycles. The van der Waals surface area contributed by atoms with Crippen molar-refractivity contribution in [1.82, 2.24) is 4.72 Å². The van der Waals surface area contributed by atoms with Gasteiger partial charge in [-0.05, 0) is 49.5 Å². The summed E-state index contributed by atoms with van der Waals surface area (Å²) in [6, 6.07) is 0. The zero-order valence-corrected chi connectivity index (χ0v) is 12.1. The van der Waals surface area contributed by atoms with Gasteiger partial charge in [-0.2, -0.15) is 0 Å². The van der Waals surface area contributed by atoms with Crippen LogP contribution in [-0.2, 0) is 10.0 Å². The standard InChI is InChI=1S/C13H26N2O2S/c1-2-5-18(16,17)15-9-12-7-13(8-12,10-14)6-11-3-4-11/h11-12,15H,2-10,14H2,1H3. The Labute approximate surface area is 111 Å². The van der Waals surface area contributed by atoms with Gasteiger partial charge in [-0.3, -0.25) is 0 Å². The number of hydrogen-bond acceptors (Lipinski definition) is 3. The summed E-state index contributed by atoms with van der Waals surface area (Å²) in [7, 11) is -3.04. The Morgan fingerprint density at radius 2 is 1.94 bits per heavy atom. The van der Waals surface area contributed by atoms with Crippen molar-refractivity contribution in [3.63, 3.8) is 0 Å². The van der Waals surface area contributed by atoms with E-state index in [9.17, 15) is 8.42 Å². The molecule has 2 rings (SSSR count). The van der Waals surface area contributed by atoms with Crippen molar-refractivity contribution >= 4 is 10.0 Å². The van der Waals surface area contributed by atoms with E-state index in [-0.39, 0.29) is 5.75 Å². The molecule has 106 valence electrons. The van der Waals surface area contributed by atoms with Crippen LogP contribution in [0.25, 0.3) is 0 Å². The van der Waals surface area contributed by atoms with Crippen molar-refractivity contribution < 1.29 is 8.42 Å². The van der Waals surface area contributed by atoms with Crippen molar-refractivity contribution in [3.05, 3.63) is 0 Å². The summed E-state index contributed by atoms with van der Waals surface area (Å²) >= 11 is 0. The second-order valence-electron chi connectivity index (χ2n) is 6.29. The highest BCUT2D eigenvalue weighted by Gasteiger charge is 2.45. The summed E-state index contributed by atoms with van der Waals surface area (Å²) in [5, 5.41) is 0. The minimum atomic E-state index is -3.04. The van der Waals surface area contributed by atoms with Gasteiger partial charge in [0.25, 0.3) is 0 Å². The van der Waals surface area contributed by atoms with Gasteiger partial charge in [-0.25, -0.2) is 13.1 Å². The molecule has 2 aliphatic rings. The maximum absolute atomic E-state index is 11.6. The highest BCUT2D eigenvalue weighted by molar-refractivity contribution is 7.89. The molecule has 0 amide bonds. The smallest absolute Gasteiger partial charge is 0.211 e. The van der Waals surface area contributed by atoms with Gasteiger partial charge in [-0.1, -0.05) is 19.8 Å². The summed E-state index contributed by atoms with van der Waals surface area (Å²) in [4.78, 5) is 0. The fraction of sp³-hybridized carbons (Fsp3) is 1.00. The van der Waals surface area contributed by atoms with Gasteiger partial charge in [0.15, 0.2) is 0 Å². The van der Waals surface area contributed by atoms with Gasteiger partial charge in [0.1, 0.15) is 0 Å². The molecule has 3 N–H and O–H groups in total. The molecule has 0 aromatic carbocycles. The number of sulfonamides is 1. The van der Waals surface area contributed by atoms with Gasteiger partial charge in [0.2, 0.25) is 10.0 Å². The van der Waals surface area contributed by atoms with Crippen LogP contribution in [0.1, 0.15) is 45.4 Å². The molecule has 0 saturated heterocycles. The van der Waals surface area contributed by atoms with E-state index in [0.717, 1.165) is 25.3 Å². The van der Waals surface area contributed by atoms with Crippen molar-refractivity contribution in [1.29, 1.82) is 0 Å². The van der Waals surface area contributed by atoms with Crippen molar-refractivity contribution in [2.75, 3.05) is 18.8 Å². The van der Waals surface area contributed by atoms with Crippen LogP contribution in [0, 0.1) is 17.3 Å². The summed E-state index contributed by atoms with van der Waals surface area (Å²) in [6.45, 7) is 3.26. The van der Waals surface area contributed by atoms with Crippen LogP contribution < -0.4 is 10.5 Å². The fourth-order valence-electron chi connectivity index (χ4n) is 3.25. The fourth-order valence-corrected chi connectivity index (χ4v) is 4.42. The van der Waals surface area contributed by atoms with Crippen LogP contribution in [0.5, 0.6) is 0 Å². The first kappa shape index (κ1) is 14.3. The zero-order valence-electron chi connectivity index (χ0n) is 11.3. The van der Waals surface area contributed by atoms with E-state index in [1.807, 2.05) is 6.92 Å². The third-order valence-corrected chi connectivity index (χ3v) is 5.91. The van der Waals surface area contributed by atoms with E-state index >= 15 is 0 Å². The summed E-state index contributed by atoms with van der Waals surface area (Å²) in [5.41, 5.74) is 6.23. The molecule has 0 aliphatic heterocycles. The first-order valence-electron chi connectivity index (χ1n) is 7.16. The third kappa shape index (κ3) is 3.68. The van der Waals surface area contributed by atoms with E-state index in [1.54, 1.807) is 0 Å². The molecule has 0 unspecified atom stereocenters. The topological polar surface area (TPSA) is 72.2 Å². The van der Waals surface area contributed by atoms with Crippen molar-refractivity contribution in [3.8, 4) is 0 Å². The van der Waals surface area contributed by atoms with Gasteiger partial charge in [0.05, 0.1) is 5.75 Å². The lowest BCUT2D eigenvalue weighted by Crippen LogP contribution is -2.47. The average Bonchev–Trinajstić information content (AvgIpc) is 3.05. The lowest BCUT2D eigenvalue weighted by atomic mass is 9.59. The van der Waals surface area contributed by atoms with Gasteiger partial charge in [-0.15, -0.1) is 0 Å². The first-order chi connectivity index (χ1) is 8.49. The molecule has 0 aromatic rings. The summed E-state index contributed by atoms with van der Waals surface area (Å²) < 4.78 is 25.8. The largest absolute Gasteiger partial charge is 0.330 e. The van der Waals surface area contributed by atoms with E-state index in [1.165, 1.54) is 19.3 Å². The van der Waals surface area contributed by atoms with E-state index < -0.39 is 10.0 Å². The van der Waals surface area contributed by atoms with Gasteiger partial charge >= 0.3 is 0 Å². The maximum Gasteiger partial charge on any atom is 0.211 e. The highest BCUT2D eigenvalue weighted by atomic mass is 32.2. The van der Waals surface area contributed by atoms with Crippen LogP contribution in [0.3, 0.4) is 0 Å². The summed E-state index contributed by atoms with van der Waals surface area (Å²) in [5.74, 6) is 1.65. The van der Waals surface area contributed by atoms with E-state index in [0.29, 0.717) is 24.3 Å². The molecule has 5 heteroatoms. The van der Waals surface area contributed by atoms with Gasteiger partial charge < -0.3 is 5.73 Å². The quantitative estimate of drug-likeness (QED) is 0.704. The SMILES string of the molecule is CCCS(=O)(=O)NCC1CC(CN)(CC2CC2)C1. The second-order valence-corrected chi connectivity index (χ2v) is 8.22. The van der Waals surface area contributed by atoms with Crippen LogP contribution in [0.15, 0.2) is 0 Å². The number of hydrogen-bond donors (Lipinski definition) is 2. The molecule has 0 heterocycles. The molecule has 18 heavy (non-hydrogen) atoms. The van der Waals surface area contributed by atoms with Gasteiger partial charge in [0, 0.05) is 6.54 Å². The predicted octanol–water partition coefficient (Wildman–Crippen LogP) is 1.47. The van der Waals surface area contributed by atoms with Crippen LogP contribution in [-0.4, -0.2) is 27.3 Å². The second kappa shape index (κ2) is 5.47. The Bertz CT molecular complexity index is 370. The Kier molecular flexibility index (Phi) is 4.34. The molecule has 0 spiro atoms. The molecular weight excluding hydrogens is 248 g/mol. The zero-order chi connectivity index (χ0) is 13.2. The molecule has 2 saturated carbocycles. The molecule has 2 fully saturated rings. The van der Waals surface area contributed by atoms with Crippen LogP contribution >= 0.6 is 0 Å². The first-order valence-corrected chi connectivity index (χ1v) is 8.81. The molecule has 0 atom stereocenters. The summed E-state index contributed by atoms with van der Waals surface area (Å²) in [6.07, 6.45) is 6.89. The molecule has 0 radical (unpaired) electrons. The molecular formula is C13H26N2O2S. The average molecular weight is 274 g/mol. The Balaban J connectivity index is 1.71. The lowest BCUT2D eigenvalue weighted by Gasteiger charge is -2.48. The Morgan fingerprint density at radius 1 is 1.28 bits per heavy atom. The van der Waals surface area contributed by atoms with Crippen LogP contribution in [0.2, 0.25) is 0 Å². The highest BCUT2D eigenvalue weighted by Crippen LogP contribution is 2.53. The lowest BCUT2D eigenvalue weighted by molar-refractivity contribution is 0.0509. The Hall–Kier alpha value is -0.130. The predicted molar refractivity (Wildman–Crippen MR) is 73.6 cm³/mol.